The molecule has 0 aliphatic carbocycles. The minimum atomic E-state index is 0.0439. The topological polar surface area (TPSA) is 83.5 Å². The third-order valence-corrected chi connectivity index (χ3v) is 2.41. The van der Waals surface area contributed by atoms with E-state index in [9.17, 15) is 0 Å². The first kappa shape index (κ1) is 12.4. The van der Waals surface area contributed by atoms with Crippen LogP contribution in [-0.2, 0) is 6.42 Å². The van der Waals surface area contributed by atoms with Crippen molar-refractivity contribution in [1.82, 2.24) is 10.3 Å². The molecule has 1 aromatic heterocycles. The Morgan fingerprint density at radius 3 is 2.88 bits per heavy atom. The highest BCUT2D eigenvalue weighted by molar-refractivity contribution is 5.82. The molecule has 5 heteroatoms. The molecule has 16 heavy (non-hydrogen) atoms. The molecular weight excluding hydrogens is 204 g/mol. The van der Waals surface area contributed by atoms with Gasteiger partial charge in [-0.05, 0) is 30.7 Å². The molecule has 5 nitrogen and oxygen atoms in total. The monoisotopic (exact) mass is 222 g/mol. The van der Waals surface area contributed by atoms with Crippen molar-refractivity contribution in [3.63, 3.8) is 0 Å². The summed E-state index contributed by atoms with van der Waals surface area (Å²) in [5, 5.41) is 14.7. The summed E-state index contributed by atoms with van der Waals surface area (Å²) in [5.74, 6) is 0.304. The number of amidine groups is 1. The Bertz CT molecular complexity index is 326. The highest BCUT2D eigenvalue weighted by Gasteiger charge is 2.05. The Kier molecular flexibility index (Phi) is 5.28. The van der Waals surface area contributed by atoms with Gasteiger partial charge in [0, 0.05) is 24.9 Å². The second-order valence-electron chi connectivity index (χ2n) is 3.74. The van der Waals surface area contributed by atoms with E-state index >= 15 is 0 Å². The average Bonchev–Trinajstić information content (AvgIpc) is 2.34. The van der Waals surface area contributed by atoms with Crippen LogP contribution in [0.5, 0.6) is 0 Å². The fraction of sp³-hybridized carbons (Fsp3) is 0.455. The molecule has 0 saturated heterocycles. The van der Waals surface area contributed by atoms with Crippen LogP contribution in [0.3, 0.4) is 0 Å². The molecule has 1 rings (SSSR count). The second kappa shape index (κ2) is 6.79. The van der Waals surface area contributed by atoms with Gasteiger partial charge in [-0.1, -0.05) is 12.1 Å². The maximum atomic E-state index is 8.47. The van der Waals surface area contributed by atoms with Crippen LogP contribution in [0.25, 0.3) is 0 Å². The number of pyridine rings is 1. The number of nitrogens with two attached hydrogens (primary N) is 1. The van der Waals surface area contributed by atoms with E-state index in [-0.39, 0.29) is 11.8 Å². The summed E-state index contributed by atoms with van der Waals surface area (Å²) < 4.78 is 0. The molecule has 1 heterocycles. The minimum absolute atomic E-state index is 0.0439. The van der Waals surface area contributed by atoms with Crippen molar-refractivity contribution in [1.29, 1.82) is 0 Å². The Hall–Kier alpha value is -1.62. The molecule has 0 saturated carbocycles. The molecule has 0 amide bonds. The lowest BCUT2D eigenvalue weighted by Gasteiger charge is -2.10. The number of oxime groups is 1. The van der Waals surface area contributed by atoms with Crippen molar-refractivity contribution >= 4 is 5.84 Å². The van der Waals surface area contributed by atoms with E-state index in [4.69, 9.17) is 10.9 Å². The van der Waals surface area contributed by atoms with E-state index in [1.54, 1.807) is 12.4 Å². The molecule has 0 fully saturated rings. The Labute approximate surface area is 95.4 Å². The molecule has 0 bridgehead atoms. The molecule has 1 aromatic rings. The Balaban J connectivity index is 2.17. The Morgan fingerprint density at radius 1 is 1.56 bits per heavy atom. The van der Waals surface area contributed by atoms with E-state index < -0.39 is 0 Å². The molecule has 0 aliphatic rings. The van der Waals surface area contributed by atoms with Gasteiger partial charge in [-0.2, -0.15) is 0 Å². The van der Waals surface area contributed by atoms with Crippen molar-refractivity contribution in [2.24, 2.45) is 16.8 Å². The van der Waals surface area contributed by atoms with Gasteiger partial charge in [0.05, 0.1) is 0 Å². The van der Waals surface area contributed by atoms with Gasteiger partial charge in [-0.25, -0.2) is 0 Å². The largest absolute Gasteiger partial charge is 0.409 e. The standard InChI is InChI=1S/C11H18N4O/c1-9(11(12)15-16)8-14-7-4-10-2-5-13-6-3-10/h2-3,5-6,9,14,16H,4,7-8H2,1H3,(H2,12,15). The quantitative estimate of drug-likeness (QED) is 0.216. The van der Waals surface area contributed by atoms with Crippen molar-refractivity contribution in [3.05, 3.63) is 30.1 Å². The predicted octanol–water partition coefficient (Wildman–Crippen LogP) is 0.596. The van der Waals surface area contributed by atoms with E-state index in [1.165, 1.54) is 5.56 Å². The summed E-state index contributed by atoms with van der Waals surface area (Å²) in [7, 11) is 0. The summed E-state index contributed by atoms with van der Waals surface area (Å²) in [6.07, 6.45) is 4.52. The van der Waals surface area contributed by atoms with Gasteiger partial charge in [0.2, 0.25) is 0 Å². The fourth-order valence-electron chi connectivity index (χ4n) is 1.30. The number of hydrogen-bond donors (Lipinski definition) is 3. The van der Waals surface area contributed by atoms with E-state index in [0.29, 0.717) is 6.54 Å². The summed E-state index contributed by atoms with van der Waals surface area (Å²) in [6.45, 7) is 3.49. The number of aromatic nitrogens is 1. The third kappa shape index (κ3) is 4.27. The third-order valence-electron chi connectivity index (χ3n) is 2.41. The smallest absolute Gasteiger partial charge is 0.143 e. The predicted molar refractivity (Wildman–Crippen MR) is 63.4 cm³/mol. The number of hydrogen-bond acceptors (Lipinski definition) is 4. The van der Waals surface area contributed by atoms with E-state index in [1.807, 2.05) is 19.1 Å². The van der Waals surface area contributed by atoms with Crippen LogP contribution < -0.4 is 11.1 Å². The molecule has 1 unspecified atom stereocenters. The zero-order chi connectivity index (χ0) is 11.8. The van der Waals surface area contributed by atoms with Gasteiger partial charge in [0.15, 0.2) is 0 Å². The molecule has 1 atom stereocenters. The van der Waals surface area contributed by atoms with E-state index in [0.717, 1.165) is 13.0 Å². The van der Waals surface area contributed by atoms with Gasteiger partial charge in [0.25, 0.3) is 0 Å². The molecule has 0 aromatic carbocycles. The summed E-state index contributed by atoms with van der Waals surface area (Å²) in [5.41, 5.74) is 6.71. The molecule has 88 valence electrons. The van der Waals surface area contributed by atoms with Gasteiger partial charge >= 0.3 is 0 Å². The zero-order valence-corrected chi connectivity index (χ0v) is 9.43. The van der Waals surface area contributed by atoms with Crippen LogP contribution in [0.15, 0.2) is 29.7 Å². The van der Waals surface area contributed by atoms with Crippen molar-refractivity contribution < 1.29 is 5.21 Å². The van der Waals surface area contributed by atoms with Gasteiger partial charge < -0.3 is 16.3 Å². The second-order valence-corrected chi connectivity index (χ2v) is 3.74. The van der Waals surface area contributed by atoms with Gasteiger partial charge in [-0.3, -0.25) is 4.98 Å². The molecule has 4 N–H and O–H groups in total. The molecule has 0 radical (unpaired) electrons. The van der Waals surface area contributed by atoms with Gasteiger partial charge in [-0.15, -0.1) is 0 Å². The summed E-state index contributed by atoms with van der Waals surface area (Å²) in [6, 6.07) is 3.99. The summed E-state index contributed by atoms with van der Waals surface area (Å²) >= 11 is 0. The lowest BCUT2D eigenvalue weighted by molar-refractivity contribution is 0.314. The first-order valence-electron chi connectivity index (χ1n) is 5.31. The fourth-order valence-corrected chi connectivity index (χ4v) is 1.30. The molecule has 0 spiro atoms. The highest BCUT2D eigenvalue weighted by Crippen LogP contribution is 1.97. The lowest BCUT2D eigenvalue weighted by atomic mass is 10.1. The molecule has 0 aliphatic heterocycles. The Morgan fingerprint density at radius 2 is 2.25 bits per heavy atom. The molecular formula is C11H18N4O. The number of rotatable bonds is 6. The van der Waals surface area contributed by atoms with Gasteiger partial charge in [0.1, 0.15) is 5.84 Å². The van der Waals surface area contributed by atoms with E-state index in [2.05, 4.69) is 15.5 Å². The van der Waals surface area contributed by atoms with Crippen molar-refractivity contribution in [2.45, 2.75) is 13.3 Å². The van der Waals surface area contributed by atoms with Crippen LogP contribution in [0.2, 0.25) is 0 Å². The minimum Gasteiger partial charge on any atom is -0.409 e. The average molecular weight is 222 g/mol. The van der Waals surface area contributed by atoms with Crippen LogP contribution in [0, 0.1) is 5.92 Å². The number of nitrogens with one attached hydrogen (secondary N) is 1. The normalized spacial score (nSPS) is 13.7. The number of nitrogens with zero attached hydrogens (tertiary/aromatic N) is 2. The summed E-state index contributed by atoms with van der Waals surface area (Å²) in [4.78, 5) is 3.96. The SMILES string of the molecule is CC(CNCCc1ccncc1)C(N)=NO. The van der Waals surface area contributed by atoms with Crippen LogP contribution in [-0.4, -0.2) is 29.1 Å². The first-order valence-corrected chi connectivity index (χ1v) is 5.31. The van der Waals surface area contributed by atoms with Crippen LogP contribution >= 0.6 is 0 Å². The lowest BCUT2D eigenvalue weighted by Crippen LogP contribution is -2.32. The highest BCUT2D eigenvalue weighted by atomic mass is 16.4. The van der Waals surface area contributed by atoms with Crippen LogP contribution in [0.1, 0.15) is 12.5 Å². The zero-order valence-electron chi connectivity index (χ0n) is 9.43. The van der Waals surface area contributed by atoms with Crippen LogP contribution in [0.4, 0.5) is 0 Å². The van der Waals surface area contributed by atoms with Crippen molar-refractivity contribution in [3.8, 4) is 0 Å². The maximum absolute atomic E-state index is 8.47. The maximum Gasteiger partial charge on any atom is 0.143 e. The van der Waals surface area contributed by atoms with Crippen molar-refractivity contribution in [2.75, 3.05) is 13.1 Å². The first-order chi connectivity index (χ1) is 7.74.